The Morgan fingerprint density at radius 3 is 1.85 bits per heavy atom. The number of nitriles is 1. The predicted octanol–water partition coefficient (Wildman–Crippen LogP) is 0.154. The van der Waals surface area contributed by atoms with Gasteiger partial charge in [0.25, 0.3) is 0 Å². The molecule has 0 N–H and O–H groups in total. The zero-order valence-electron chi connectivity index (χ0n) is 13.1. The lowest BCUT2D eigenvalue weighted by molar-refractivity contribution is 0.0906. The van der Waals surface area contributed by atoms with Gasteiger partial charge in [-0.1, -0.05) is 6.92 Å². The summed E-state index contributed by atoms with van der Waals surface area (Å²) in [6.07, 6.45) is 0.942. The number of rotatable bonds is 5. The number of hydrogen-bond acceptors (Lipinski definition) is 5. The van der Waals surface area contributed by atoms with Crippen LogP contribution in [0.3, 0.4) is 0 Å². The fraction of sp³-hybridized carbons (Fsp3) is 0.933. The predicted molar refractivity (Wildman–Crippen MR) is 81.6 cm³/mol. The van der Waals surface area contributed by atoms with E-state index in [-0.39, 0.29) is 6.04 Å². The second-order valence-corrected chi connectivity index (χ2v) is 6.08. The molecular formula is C15H29N5. The fourth-order valence-electron chi connectivity index (χ4n) is 3.08. The average Bonchev–Trinajstić information content (AvgIpc) is 2.49. The second-order valence-electron chi connectivity index (χ2n) is 6.08. The van der Waals surface area contributed by atoms with E-state index in [0.717, 1.165) is 32.6 Å². The van der Waals surface area contributed by atoms with Gasteiger partial charge in [0.2, 0.25) is 0 Å². The summed E-state index contributed by atoms with van der Waals surface area (Å²) in [5.74, 6) is 0. The lowest BCUT2D eigenvalue weighted by atomic mass is 10.2. The Balaban J connectivity index is 1.63. The number of likely N-dealkylation sites (N-methyl/N-ethyl adjacent to an activating group) is 1. The zero-order chi connectivity index (χ0) is 14.4. The molecule has 2 rings (SSSR count). The van der Waals surface area contributed by atoms with Gasteiger partial charge in [0.05, 0.1) is 12.1 Å². The van der Waals surface area contributed by atoms with Crippen LogP contribution in [0.4, 0.5) is 0 Å². The third-order valence-corrected chi connectivity index (χ3v) is 4.71. The highest BCUT2D eigenvalue weighted by atomic mass is 15.3. The standard InChI is InChI=1S/C15H29N5/c1-3-15(14-16)20-12-10-19(11-13-20)9-8-18-6-4-17(2)5-7-18/h15H,3-13H2,1-2H3. The van der Waals surface area contributed by atoms with E-state index in [1.165, 1.54) is 39.3 Å². The van der Waals surface area contributed by atoms with Crippen LogP contribution < -0.4 is 0 Å². The van der Waals surface area contributed by atoms with Gasteiger partial charge in [-0.3, -0.25) is 14.7 Å². The zero-order valence-corrected chi connectivity index (χ0v) is 13.1. The summed E-state index contributed by atoms with van der Waals surface area (Å²) >= 11 is 0. The highest BCUT2D eigenvalue weighted by Crippen LogP contribution is 2.09. The topological polar surface area (TPSA) is 36.8 Å². The van der Waals surface area contributed by atoms with E-state index in [2.05, 4.69) is 39.6 Å². The van der Waals surface area contributed by atoms with Crippen LogP contribution in [-0.2, 0) is 0 Å². The van der Waals surface area contributed by atoms with E-state index >= 15 is 0 Å². The molecule has 0 aliphatic carbocycles. The number of hydrogen-bond donors (Lipinski definition) is 0. The van der Waals surface area contributed by atoms with Crippen molar-refractivity contribution in [3.63, 3.8) is 0 Å². The summed E-state index contributed by atoms with van der Waals surface area (Å²) in [6, 6.07) is 2.54. The molecule has 5 nitrogen and oxygen atoms in total. The van der Waals surface area contributed by atoms with Gasteiger partial charge in [-0.25, -0.2) is 0 Å². The van der Waals surface area contributed by atoms with Crippen molar-refractivity contribution in [1.82, 2.24) is 19.6 Å². The van der Waals surface area contributed by atoms with Crippen molar-refractivity contribution < 1.29 is 0 Å². The summed E-state index contributed by atoms with van der Waals surface area (Å²) in [6.45, 7) is 13.6. The van der Waals surface area contributed by atoms with Gasteiger partial charge in [-0.15, -0.1) is 0 Å². The maximum atomic E-state index is 9.12. The summed E-state index contributed by atoms with van der Waals surface area (Å²) in [7, 11) is 2.20. The third-order valence-electron chi connectivity index (χ3n) is 4.71. The van der Waals surface area contributed by atoms with Crippen molar-refractivity contribution in [2.24, 2.45) is 0 Å². The highest BCUT2D eigenvalue weighted by Gasteiger charge is 2.23. The molecule has 114 valence electrons. The summed E-state index contributed by atoms with van der Waals surface area (Å²) in [5, 5.41) is 9.12. The molecule has 0 aromatic carbocycles. The molecule has 0 aromatic heterocycles. The van der Waals surface area contributed by atoms with Gasteiger partial charge < -0.3 is 4.90 Å². The monoisotopic (exact) mass is 279 g/mol. The molecule has 2 saturated heterocycles. The molecule has 0 radical (unpaired) electrons. The molecule has 2 heterocycles. The lowest BCUT2D eigenvalue weighted by Crippen LogP contribution is -2.52. The lowest BCUT2D eigenvalue weighted by Gasteiger charge is -2.38. The maximum Gasteiger partial charge on any atom is 0.0976 e. The largest absolute Gasteiger partial charge is 0.304 e. The smallest absolute Gasteiger partial charge is 0.0976 e. The van der Waals surface area contributed by atoms with Crippen molar-refractivity contribution in [3.05, 3.63) is 0 Å². The van der Waals surface area contributed by atoms with Gasteiger partial charge in [-0.2, -0.15) is 5.26 Å². The van der Waals surface area contributed by atoms with E-state index in [4.69, 9.17) is 5.26 Å². The van der Waals surface area contributed by atoms with Crippen molar-refractivity contribution in [3.8, 4) is 6.07 Å². The van der Waals surface area contributed by atoms with E-state index in [1.807, 2.05) is 0 Å². The molecule has 1 unspecified atom stereocenters. The van der Waals surface area contributed by atoms with E-state index in [0.29, 0.717) is 0 Å². The van der Waals surface area contributed by atoms with Crippen LogP contribution in [0, 0.1) is 11.3 Å². The van der Waals surface area contributed by atoms with Gasteiger partial charge in [0.15, 0.2) is 0 Å². The number of nitrogens with zero attached hydrogens (tertiary/aromatic N) is 5. The van der Waals surface area contributed by atoms with E-state index < -0.39 is 0 Å². The van der Waals surface area contributed by atoms with Crippen molar-refractivity contribution >= 4 is 0 Å². The highest BCUT2D eigenvalue weighted by molar-refractivity contribution is 4.92. The van der Waals surface area contributed by atoms with E-state index in [9.17, 15) is 0 Å². The Morgan fingerprint density at radius 1 is 0.900 bits per heavy atom. The van der Waals surface area contributed by atoms with Crippen molar-refractivity contribution in [2.45, 2.75) is 19.4 Å². The minimum absolute atomic E-state index is 0.120. The van der Waals surface area contributed by atoms with Gasteiger partial charge in [0, 0.05) is 65.4 Å². The first kappa shape index (κ1) is 15.7. The van der Waals surface area contributed by atoms with Gasteiger partial charge >= 0.3 is 0 Å². The normalized spacial score (nSPS) is 25.4. The molecule has 0 bridgehead atoms. The van der Waals surface area contributed by atoms with E-state index in [1.54, 1.807) is 0 Å². The van der Waals surface area contributed by atoms with Crippen LogP contribution in [0.25, 0.3) is 0 Å². The first-order chi connectivity index (χ1) is 9.72. The molecule has 0 spiro atoms. The average molecular weight is 279 g/mol. The van der Waals surface area contributed by atoms with Crippen LogP contribution in [0.15, 0.2) is 0 Å². The Hall–Kier alpha value is -0.670. The van der Waals surface area contributed by atoms with Gasteiger partial charge in [0.1, 0.15) is 0 Å². The molecule has 2 aliphatic heterocycles. The minimum atomic E-state index is 0.120. The quantitative estimate of drug-likeness (QED) is 0.716. The molecule has 2 aliphatic rings. The molecule has 0 aromatic rings. The Labute approximate surface area is 123 Å². The summed E-state index contributed by atoms with van der Waals surface area (Å²) in [5.41, 5.74) is 0. The number of piperazine rings is 2. The molecule has 0 amide bonds. The first-order valence-corrected chi connectivity index (χ1v) is 8.00. The molecule has 1 atom stereocenters. The van der Waals surface area contributed by atoms with Crippen LogP contribution in [0.2, 0.25) is 0 Å². The van der Waals surface area contributed by atoms with Crippen LogP contribution in [-0.4, -0.2) is 98.1 Å². The second kappa shape index (κ2) is 7.94. The van der Waals surface area contributed by atoms with Crippen molar-refractivity contribution in [2.75, 3.05) is 72.5 Å². The molecular weight excluding hydrogens is 250 g/mol. The molecule has 2 fully saturated rings. The first-order valence-electron chi connectivity index (χ1n) is 8.00. The van der Waals surface area contributed by atoms with Crippen LogP contribution >= 0.6 is 0 Å². The fourth-order valence-corrected chi connectivity index (χ4v) is 3.08. The van der Waals surface area contributed by atoms with Crippen molar-refractivity contribution in [1.29, 1.82) is 5.26 Å². The Kier molecular flexibility index (Phi) is 6.24. The Bertz CT molecular complexity index is 311. The summed E-state index contributed by atoms with van der Waals surface area (Å²) in [4.78, 5) is 9.88. The molecule has 5 heteroatoms. The van der Waals surface area contributed by atoms with Crippen LogP contribution in [0.5, 0.6) is 0 Å². The third kappa shape index (κ3) is 4.42. The maximum absolute atomic E-state index is 9.12. The Morgan fingerprint density at radius 2 is 1.40 bits per heavy atom. The minimum Gasteiger partial charge on any atom is -0.304 e. The molecule has 0 saturated carbocycles. The van der Waals surface area contributed by atoms with Gasteiger partial charge in [-0.05, 0) is 13.5 Å². The van der Waals surface area contributed by atoms with Crippen LogP contribution in [0.1, 0.15) is 13.3 Å². The SMILES string of the molecule is CCC(C#N)N1CCN(CCN2CCN(C)CC2)CC1. The molecule has 20 heavy (non-hydrogen) atoms. The summed E-state index contributed by atoms with van der Waals surface area (Å²) < 4.78 is 0.